The predicted octanol–water partition coefficient (Wildman–Crippen LogP) is 7.60. The first-order chi connectivity index (χ1) is 17.9. The van der Waals surface area contributed by atoms with Crippen LogP contribution in [0.2, 0.25) is 0 Å². The molecule has 4 aromatic rings. The minimum atomic E-state index is -3.93. The first-order valence-electron chi connectivity index (χ1n) is 13.4. The number of fused-ring (bicyclic) bond motifs is 4. The van der Waals surface area contributed by atoms with Crippen molar-refractivity contribution in [3.05, 3.63) is 107 Å². The Bertz CT molecular complexity index is 1520. The minimum absolute atomic E-state index is 0.139. The molecule has 0 nitrogen and oxygen atoms in total. The third kappa shape index (κ3) is 4.29. The van der Waals surface area contributed by atoms with E-state index < -0.39 is 27.4 Å². The van der Waals surface area contributed by atoms with Gasteiger partial charge >= 0.3 is 237 Å². The molecule has 1 aliphatic carbocycles. The van der Waals surface area contributed by atoms with Crippen LogP contribution in [0.15, 0.2) is 90.5 Å². The van der Waals surface area contributed by atoms with Gasteiger partial charge in [-0.05, 0) is 0 Å². The molecule has 0 N–H and O–H groups in total. The van der Waals surface area contributed by atoms with Gasteiger partial charge in [0.15, 0.2) is 0 Å². The van der Waals surface area contributed by atoms with Crippen molar-refractivity contribution in [3.8, 4) is 22.3 Å². The predicted molar refractivity (Wildman–Crippen MR) is 163 cm³/mol. The average molecular weight is 619 g/mol. The Kier molecular flexibility index (Phi) is 7.00. The van der Waals surface area contributed by atoms with E-state index >= 15 is 0 Å². The van der Waals surface area contributed by atoms with Crippen LogP contribution in [-0.2, 0) is 17.9 Å². The summed E-state index contributed by atoms with van der Waals surface area (Å²) in [5.74, 6) is 0.435. The molecule has 1 atom stereocenters. The van der Waals surface area contributed by atoms with Crippen LogP contribution in [-0.4, -0.2) is 9.52 Å². The van der Waals surface area contributed by atoms with E-state index in [4.69, 9.17) is 17.0 Å². The Balaban J connectivity index is 1.54. The van der Waals surface area contributed by atoms with Crippen molar-refractivity contribution in [1.82, 2.24) is 0 Å². The summed E-state index contributed by atoms with van der Waals surface area (Å²) in [5.41, 5.74) is 10.9. The molecule has 0 bridgehead atoms. The van der Waals surface area contributed by atoms with Gasteiger partial charge in [0, 0.05) is 0 Å². The van der Waals surface area contributed by atoms with E-state index in [1.165, 1.54) is 58.2 Å². The molecule has 1 heterocycles. The number of halogens is 2. The summed E-state index contributed by atoms with van der Waals surface area (Å²) in [6.07, 6.45) is 4.59. The Labute approximate surface area is 235 Å². The Morgan fingerprint density at radius 1 is 0.838 bits per heavy atom. The molecule has 0 fully saturated rings. The molecule has 37 heavy (non-hydrogen) atoms. The van der Waals surface area contributed by atoms with Gasteiger partial charge in [-0.3, -0.25) is 0 Å². The summed E-state index contributed by atoms with van der Waals surface area (Å²) in [5, 5.41) is 3.01. The molecule has 0 radical (unpaired) electrons. The van der Waals surface area contributed by atoms with Crippen LogP contribution < -0.4 is 13.6 Å². The molecule has 0 saturated heterocycles. The van der Waals surface area contributed by atoms with Crippen molar-refractivity contribution >= 4 is 46.3 Å². The van der Waals surface area contributed by atoms with Gasteiger partial charge in [0.1, 0.15) is 0 Å². The van der Waals surface area contributed by atoms with E-state index in [9.17, 15) is 0 Å². The summed E-state index contributed by atoms with van der Waals surface area (Å²) in [6, 6.07) is 31.2. The molecule has 4 heteroatoms. The molecule has 0 spiro atoms. The fraction of sp³-hybridized carbons (Fsp3) is 0.212. The third-order valence-corrected chi connectivity index (χ3v) is 22.5. The van der Waals surface area contributed by atoms with Gasteiger partial charge in [0.2, 0.25) is 0 Å². The van der Waals surface area contributed by atoms with Crippen LogP contribution in [0, 0.1) is 0 Å². The quantitative estimate of drug-likeness (QED) is 0.172. The number of rotatable bonds is 6. The normalized spacial score (nSPS) is 16.6. The van der Waals surface area contributed by atoms with Crippen LogP contribution in [0.4, 0.5) is 0 Å². The second-order valence-electron chi connectivity index (χ2n) is 10.7. The van der Waals surface area contributed by atoms with Crippen molar-refractivity contribution in [2.45, 2.75) is 43.2 Å². The molecule has 0 amide bonds. The second-order valence-corrected chi connectivity index (χ2v) is 26.6. The van der Waals surface area contributed by atoms with Crippen LogP contribution in [0.5, 0.6) is 0 Å². The maximum absolute atomic E-state index is 7.81. The molecule has 4 aromatic carbocycles. The number of allylic oxidation sites excluding steroid dienone is 1. The zero-order valence-corrected chi connectivity index (χ0v) is 27.1. The van der Waals surface area contributed by atoms with E-state index in [0.717, 1.165) is 12.8 Å². The van der Waals surface area contributed by atoms with Gasteiger partial charge < -0.3 is 0 Å². The molecule has 2 aliphatic rings. The molecule has 0 aromatic heterocycles. The molecule has 186 valence electrons. The van der Waals surface area contributed by atoms with Crippen molar-refractivity contribution in [2.24, 2.45) is 0 Å². The van der Waals surface area contributed by atoms with Gasteiger partial charge in [-0.2, -0.15) is 0 Å². The van der Waals surface area contributed by atoms with E-state index in [0.29, 0.717) is 5.92 Å². The molecule has 1 aliphatic heterocycles. The van der Waals surface area contributed by atoms with Crippen LogP contribution in [0.1, 0.15) is 59.8 Å². The van der Waals surface area contributed by atoms with Crippen LogP contribution in [0.3, 0.4) is 0 Å². The van der Waals surface area contributed by atoms with Gasteiger partial charge in [0.05, 0.1) is 0 Å². The fourth-order valence-electron chi connectivity index (χ4n) is 6.49. The summed E-state index contributed by atoms with van der Waals surface area (Å²) < 4.78 is 1.45. The third-order valence-electron chi connectivity index (χ3n) is 8.12. The standard InChI is InChI=1S/C21H23.C12H9Si.2ClH.Zr/c1-4-8-16-13-18-11-12-19(15(2)3)21(20(18)14-16)17-9-6-5-7-10-17;1-3-7-11-9(5-1)10-6-2-4-8-12(10)13-11;;;/h5-7,9-15H,4,8H2,1-3H3;1-7H,13H2;2*1H;/q;;;;+2/p-2. The Morgan fingerprint density at radius 2 is 1.57 bits per heavy atom. The van der Waals surface area contributed by atoms with Crippen molar-refractivity contribution in [3.63, 3.8) is 0 Å². The van der Waals surface area contributed by atoms with Crippen molar-refractivity contribution in [1.29, 1.82) is 0 Å². The van der Waals surface area contributed by atoms with E-state index in [-0.39, 0.29) is 3.63 Å². The van der Waals surface area contributed by atoms with Gasteiger partial charge in [-0.15, -0.1) is 0 Å². The first-order valence-corrected chi connectivity index (χ1v) is 23.8. The van der Waals surface area contributed by atoms with Gasteiger partial charge in [-0.25, -0.2) is 0 Å². The van der Waals surface area contributed by atoms with E-state index in [2.05, 4.69) is 112 Å². The fourth-order valence-corrected chi connectivity index (χ4v) is 23.4. The first kappa shape index (κ1) is 25.6. The molecule has 1 unspecified atom stereocenters. The maximum atomic E-state index is 7.81. The van der Waals surface area contributed by atoms with E-state index in [1.807, 2.05) is 0 Å². The molecular weight excluding hydrogens is 587 g/mol. The van der Waals surface area contributed by atoms with E-state index in [1.54, 1.807) is 0 Å². The average Bonchev–Trinajstić information content (AvgIpc) is 3.47. The van der Waals surface area contributed by atoms with Crippen LogP contribution >= 0.6 is 17.0 Å². The summed E-state index contributed by atoms with van der Waals surface area (Å²) in [4.78, 5) is 0. The number of hydrogen-bond donors (Lipinski definition) is 0. The molecule has 0 saturated carbocycles. The monoisotopic (exact) mass is 616 g/mol. The van der Waals surface area contributed by atoms with Gasteiger partial charge in [-0.1, -0.05) is 0 Å². The number of hydrogen-bond acceptors (Lipinski definition) is 0. The Hall–Kier alpha value is -1.70. The van der Waals surface area contributed by atoms with Crippen molar-refractivity contribution < 1.29 is 17.9 Å². The summed E-state index contributed by atoms with van der Waals surface area (Å²) in [7, 11) is 15.0. The van der Waals surface area contributed by atoms with Crippen LogP contribution in [0.25, 0.3) is 28.3 Å². The second kappa shape index (κ2) is 10.1. The van der Waals surface area contributed by atoms with Gasteiger partial charge in [0.25, 0.3) is 0 Å². The zero-order chi connectivity index (χ0) is 25.7. The summed E-state index contributed by atoms with van der Waals surface area (Å²) >= 11 is -3.93. The Morgan fingerprint density at radius 3 is 2.32 bits per heavy atom. The zero-order valence-electron chi connectivity index (χ0n) is 21.7. The number of benzene rings is 4. The topological polar surface area (TPSA) is 0 Å². The summed E-state index contributed by atoms with van der Waals surface area (Å²) in [6.45, 7) is 6.85. The molecular formula is C33H32Cl2SiZr. The molecule has 6 rings (SSSR count). The SMILES string of the molecule is CCCC1=Cc2c(ccc(C(C)C)c2-c2ccccc2)[CH]1[Zr]([Cl])([Cl])[c]1cccc2c1[SiH2]c1ccccc1-2. The van der Waals surface area contributed by atoms with Crippen molar-refractivity contribution in [2.75, 3.05) is 0 Å².